The number of anilines is 2. The van der Waals surface area contributed by atoms with Crippen LogP contribution in [0.25, 0.3) is 0 Å². The third-order valence-corrected chi connectivity index (χ3v) is 3.76. The minimum atomic E-state index is 0.599. The largest absolute Gasteiger partial charge is 0.493 e. The van der Waals surface area contributed by atoms with Crippen LogP contribution in [0.3, 0.4) is 0 Å². The van der Waals surface area contributed by atoms with E-state index in [9.17, 15) is 0 Å². The first kappa shape index (κ1) is 16.3. The molecule has 0 spiro atoms. The Morgan fingerprint density at radius 2 is 1.96 bits per heavy atom. The maximum atomic E-state index is 5.34. The van der Waals surface area contributed by atoms with E-state index in [0.29, 0.717) is 43.0 Å². The van der Waals surface area contributed by atoms with Crippen molar-refractivity contribution in [1.29, 1.82) is 0 Å². The molecule has 1 N–H and O–H groups in total. The van der Waals surface area contributed by atoms with Gasteiger partial charge in [0.1, 0.15) is 0 Å². The molecule has 2 aromatic rings. The van der Waals surface area contributed by atoms with Crippen LogP contribution < -0.4 is 19.7 Å². The Morgan fingerprint density at radius 3 is 2.71 bits per heavy atom. The molecular weight excluding hydrogens is 310 g/mol. The van der Waals surface area contributed by atoms with Gasteiger partial charge in [-0.2, -0.15) is 10.1 Å². The van der Waals surface area contributed by atoms with Crippen molar-refractivity contribution >= 4 is 11.8 Å². The maximum absolute atomic E-state index is 5.34. The van der Waals surface area contributed by atoms with Crippen molar-refractivity contribution in [2.45, 2.75) is 6.54 Å². The number of hydrogen-bond acceptors (Lipinski definition) is 8. The lowest BCUT2D eigenvalue weighted by Gasteiger charge is -2.26. The van der Waals surface area contributed by atoms with Crippen LogP contribution in [0.4, 0.5) is 11.8 Å². The average molecular weight is 331 g/mol. The van der Waals surface area contributed by atoms with Crippen molar-refractivity contribution < 1.29 is 14.2 Å². The van der Waals surface area contributed by atoms with E-state index in [1.54, 1.807) is 20.4 Å². The fourth-order valence-corrected chi connectivity index (χ4v) is 2.46. The number of methoxy groups -OCH3 is 2. The summed E-state index contributed by atoms with van der Waals surface area (Å²) in [6.07, 6.45) is 1.62. The van der Waals surface area contributed by atoms with Crippen molar-refractivity contribution in [3.8, 4) is 11.5 Å². The molecule has 8 nitrogen and oxygen atoms in total. The van der Waals surface area contributed by atoms with Crippen molar-refractivity contribution in [3.05, 3.63) is 30.0 Å². The molecule has 1 aliphatic rings. The highest BCUT2D eigenvalue weighted by molar-refractivity contribution is 5.45. The predicted molar refractivity (Wildman–Crippen MR) is 89.7 cm³/mol. The van der Waals surface area contributed by atoms with Gasteiger partial charge in [0.2, 0.25) is 5.95 Å². The zero-order valence-electron chi connectivity index (χ0n) is 13.9. The van der Waals surface area contributed by atoms with Crippen molar-refractivity contribution in [3.63, 3.8) is 0 Å². The van der Waals surface area contributed by atoms with E-state index >= 15 is 0 Å². The highest BCUT2D eigenvalue weighted by Crippen LogP contribution is 2.27. The zero-order chi connectivity index (χ0) is 16.8. The Balaban J connectivity index is 1.66. The van der Waals surface area contributed by atoms with E-state index < -0.39 is 0 Å². The molecule has 0 atom stereocenters. The molecule has 0 saturated carbocycles. The van der Waals surface area contributed by atoms with Gasteiger partial charge in [0, 0.05) is 19.6 Å². The normalized spacial score (nSPS) is 14.3. The van der Waals surface area contributed by atoms with Gasteiger partial charge in [-0.15, -0.1) is 5.10 Å². The number of nitrogens with one attached hydrogen (secondary N) is 1. The molecule has 1 aromatic carbocycles. The fourth-order valence-electron chi connectivity index (χ4n) is 2.46. The fraction of sp³-hybridized carbons (Fsp3) is 0.438. The van der Waals surface area contributed by atoms with Gasteiger partial charge in [-0.05, 0) is 17.7 Å². The lowest BCUT2D eigenvalue weighted by Crippen LogP contribution is -2.37. The molecule has 1 aromatic heterocycles. The van der Waals surface area contributed by atoms with Crippen LogP contribution in [0, 0.1) is 0 Å². The van der Waals surface area contributed by atoms with Crippen molar-refractivity contribution in [1.82, 2.24) is 15.2 Å². The summed E-state index contributed by atoms with van der Waals surface area (Å²) >= 11 is 0. The minimum absolute atomic E-state index is 0.599. The molecule has 0 unspecified atom stereocenters. The molecule has 2 heterocycles. The minimum Gasteiger partial charge on any atom is -0.493 e. The number of aromatic nitrogens is 3. The third kappa shape index (κ3) is 3.83. The van der Waals surface area contributed by atoms with E-state index in [0.717, 1.165) is 18.7 Å². The molecule has 0 radical (unpaired) electrons. The van der Waals surface area contributed by atoms with Crippen LogP contribution in [-0.4, -0.2) is 55.7 Å². The number of nitrogens with zero attached hydrogens (tertiary/aromatic N) is 4. The lowest BCUT2D eigenvalue weighted by atomic mass is 10.2. The van der Waals surface area contributed by atoms with E-state index in [-0.39, 0.29) is 0 Å². The van der Waals surface area contributed by atoms with Crippen LogP contribution in [0.2, 0.25) is 0 Å². The summed E-state index contributed by atoms with van der Waals surface area (Å²) in [6, 6.07) is 5.79. The van der Waals surface area contributed by atoms with Crippen LogP contribution >= 0.6 is 0 Å². The first-order valence-electron chi connectivity index (χ1n) is 7.77. The molecule has 0 bridgehead atoms. The Bertz CT molecular complexity index is 677. The van der Waals surface area contributed by atoms with E-state index in [4.69, 9.17) is 14.2 Å². The molecule has 128 valence electrons. The van der Waals surface area contributed by atoms with Gasteiger partial charge in [-0.1, -0.05) is 6.07 Å². The smallest absolute Gasteiger partial charge is 0.247 e. The van der Waals surface area contributed by atoms with Crippen LogP contribution in [0.1, 0.15) is 5.56 Å². The van der Waals surface area contributed by atoms with Gasteiger partial charge in [-0.25, -0.2) is 0 Å². The molecule has 0 aliphatic carbocycles. The molecule has 3 rings (SSSR count). The van der Waals surface area contributed by atoms with Crippen LogP contribution in [-0.2, 0) is 11.3 Å². The molecule has 0 amide bonds. The van der Waals surface area contributed by atoms with E-state index in [1.807, 2.05) is 18.2 Å². The first-order valence-corrected chi connectivity index (χ1v) is 7.77. The van der Waals surface area contributed by atoms with Crippen molar-refractivity contribution in [2.75, 3.05) is 50.7 Å². The lowest BCUT2D eigenvalue weighted by molar-refractivity contribution is 0.122. The summed E-state index contributed by atoms with van der Waals surface area (Å²) < 4.78 is 15.9. The van der Waals surface area contributed by atoms with E-state index in [2.05, 4.69) is 25.4 Å². The first-order chi connectivity index (χ1) is 11.8. The summed E-state index contributed by atoms with van der Waals surface area (Å²) in [4.78, 5) is 6.59. The third-order valence-electron chi connectivity index (χ3n) is 3.76. The standard InChI is InChI=1S/C16H21N5O3/c1-22-13-4-3-12(9-14(13)23-2)10-17-15-11-18-20-16(19-15)21-5-7-24-8-6-21/h3-4,9,11H,5-8,10H2,1-2H3,(H,17,19,20). The number of benzene rings is 1. The second-order valence-corrected chi connectivity index (χ2v) is 5.28. The van der Waals surface area contributed by atoms with Gasteiger partial charge in [-0.3, -0.25) is 0 Å². The molecule has 8 heteroatoms. The van der Waals surface area contributed by atoms with Gasteiger partial charge in [0.25, 0.3) is 0 Å². The maximum Gasteiger partial charge on any atom is 0.247 e. The Kier molecular flexibility index (Phi) is 5.27. The Hall–Kier alpha value is -2.61. The predicted octanol–water partition coefficient (Wildman–Crippen LogP) is 1.34. The summed E-state index contributed by atoms with van der Waals surface area (Å²) in [5, 5.41) is 11.4. The van der Waals surface area contributed by atoms with Crippen LogP contribution in [0.15, 0.2) is 24.4 Å². The number of ether oxygens (including phenoxy) is 3. The SMILES string of the molecule is COc1ccc(CNc2cnnc(N3CCOCC3)n2)cc1OC. The average Bonchev–Trinajstić information content (AvgIpc) is 2.67. The summed E-state index contributed by atoms with van der Waals surface area (Å²) in [5.41, 5.74) is 1.05. The number of hydrogen-bond donors (Lipinski definition) is 1. The van der Waals surface area contributed by atoms with Gasteiger partial charge in [0.05, 0.1) is 33.6 Å². The number of rotatable bonds is 6. The van der Waals surface area contributed by atoms with Gasteiger partial charge in [0.15, 0.2) is 17.3 Å². The molecule has 1 aliphatic heterocycles. The zero-order valence-corrected chi connectivity index (χ0v) is 13.9. The van der Waals surface area contributed by atoms with Crippen molar-refractivity contribution in [2.24, 2.45) is 0 Å². The monoisotopic (exact) mass is 331 g/mol. The molecule has 1 fully saturated rings. The Labute approximate surface area is 140 Å². The second-order valence-electron chi connectivity index (χ2n) is 5.28. The second kappa shape index (κ2) is 7.78. The summed E-state index contributed by atoms with van der Waals surface area (Å²) in [6.45, 7) is 3.53. The van der Waals surface area contributed by atoms with Gasteiger partial charge >= 0.3 is 0 Å². The topological polar surface area (TPSA) is 81.6 Å². The summed E-state index contributed by atoms with van der Waals surface area (Å²) in [7, 11) is 3.24. The van der Waals surface area contributed by atoms with E-state index in [1.165, 1.54) is 0 Å². The quantitative estimate of drug-likeness (QED) is 0.849. The highest BCUT2D eigenvalue weighted by Gasteiger charge is 2.14. The molecule has 1 saturated heterocycles. The molecule has 24 heavy (non-hydrogen) atoms. The van der Waals surface area contributed by atoms with Crippen LogP contribution in [0.5, 0.6) is 11.5 Å². The Morgan fingerprint density at radius 1 is 1.17 bits per heavy atom. The summed E-state index contributed by atoms with van der Waals surface area (Å²) in [5.74, 6) is 2.71. The molecular formula is C16H21N5O3. The highest BCUT2D eigenvalue weighted by atomic mass is 16.5. The number of morpholine rings is 1. The van der Waals surface area contributed by atoms with Gasteiger partial charge < -0.3 is 24.4 Å².